The molecule has 2 aromatic heterocycles. The van der Waals surface area contributed by atoms with Crippen LogP contribution in [0.25, 0.3) is 0 Å². The summed E-state index contributed by atoms with van der Waals surface area (Å²) in [6.45, 7) is 2.23. The summed E-state index contributed by atoms with van der Waals surface area (Å²) in [5, 5.41) is 6.41. The van der Waals surface area contributed by atoms with Crippen LogP contribution < -0.4 is 10.6 Å². The Morgan fingerprint density at radius 1 is 1.05 bits per heavy atom. The van der Waals surface area contributed by atoms with Gasteiger partial charge in [-0.15, -0.1) is 0 Å². The summed E-state index contributed by atoms with van der Waals surface area (Å²) in [6, 6.07) is 1.78. The van der Waals surface area contributed by atoms with Gasteiger partial charge in [-0.3, -0.25) is 4.98 Å². The molecule has 2 aromatic rings. The molecule has 1 aliphatic heterocycles. The topological polar surface area (TPSA) is 75.6 Å². The van der Waals surface area contributed by atoms with Crippen LogP contribution in [0, 0.1) is 5.92 Å². The van der Waals surface area contributed by atoms with Crippen LogP contribution in [-0.4, -0.2) is 33.0 Å². The van der Waals surface area contributed by atoms with Crippen molar-refractivity contribution in [1.82, 2.24) is 25.3 Å². The minimum atomic E-state index is 0.535. The van der Waals surface area contributed by atoms with Gasteiger partial charge in [-0.2, -0.15) is 0 Å². The van der Waals surface area contributed by atoms with E-state index in [1.807, 2.05) is 6.20 Å². The second-order valence-corrected chi connectivity index (χ2v) is 4.99. The molecule has 0 spiro atoms. The molecular formula is C14H18N6. The van der Waals surface area contributed by atoms with E-state index < -0.39 is 0 Å². The number of rotatable bonds is 4. The number of nitrogens with one attached hydrogen (secondary N) is 2. The van der Waals surface area contributed by atoms with Crippen LogP contribution in [0.15, 0.2) is 30.9 Å². The summed E-state index contributed by atoms with van der Waals surface area (Å²) in [5.41, 5.74) is 1.05. The van der Waals surface area contributed by atoms with Gasteiger partial charge < -0.3 is 10.6 Å². The molecule has 104 valence electrons. The predicted octanol–water partition coefficient (Wildman–Crippen LogP) is 1.55. The van der Waals surface area contributed by atoms with Crippen molar-refractivity contribution < 1.29 is 0 Å². The quantitative estimate of drug-likeness (QED) is 0.878. The maximum atomic E-state index is 4.47. The van der Waals surface area contributed by atoms with Gasteiger partial charge in [0.15, 0.2) is 5.82 Å². The van der Waals surface area contributed by atoms with Crippen molar-refractivity contribution >= 4 is 11.8 Å². The van der Waals surface area contributed by atoms with Crippen molar-refractivity contribution in [3.63, 3.8) is 0 Å². The van der Waals surface area contributed by atoms with Crippen LogP contribution in [-0.2, 0) is 6.42 Å². The first-order valence-electron chi connectivity index (χ1n) is 6.96. The van der Waals surface area contributed by atoms with Crippen molar-refractivity contribution in [2.24, 2.45) is 5.92 Å². The van der Waals surface area contributed by atoms with Crippen molar-refractivity contribution in [2.75, 3.05) is 18.4 Å². The van der Waals surface area contributed by atoms with Gasteiger partial charge >= 0.3 is 0 Å². The Balaban J connectivity index is 1.59. The minimum Gasteiger partial charge on any atom is -0.317 e. The highest BCUT2D eigenvalue weighted by Crippen LogP contribution is 2.17. The maximum Gasteiger partial charge on any atom is 0.228 e. The highest BCUT2D eigenvalue weighted by atomic mass is 15.1. The second-order valence-electron chi connectivity index (χ2n) is 4.99. The lowest BCUT2D eigenvalue weighted by Crippen LogP contribution is -2.28. The summed E-state index contributed by atoms with van der Waals surface area (Å²) < 4.78 is 0. The molecule has 0 aromatic carbocycles. The molecule has 20 heavy (non-hydrogen) atoms. The van der Waals surface area contributed by atoms with Gasteiger partial charge in [0, 0.05) is 12.4 Å². The summed E-state index contributed by atoms with van der Waals surface area (Å²) in [4.78, 5) is 17.0. The van der Waals surface area contributed by atoms with Crippen molar-refractivity contribution in [1.29, 1.82) is 0 Å². The fourth-order valence-electron chi connectivity index (χ4n) is 2.38. The van der Waals surface area contributed by atoms with Gasteiger partial charge in [0.05, 0.1) is 18.1 Å². The molecule has 1 aliphatic rings. The van der Waals surface area contributed by atoms with Gasteiger partial charge in [0.1, 0.15) is 0 Å². The minimum absolute atomic E-state index is 0.535. The second kappa shape index (κ2) is 6.38. The summed E-state index contributed by atoms with van der Waals surface area (Å²) in [5.74, 6) is 1.93. The van der Waals surface area contributed by atoms with E-state index in [-0.39, 0.29) is 0 Å². The van der Waals surface area contributed by atoms with Crippen LogP contribution in [0.1, 0.15) is 18.5 Å². The van der Waals surface area contributed by atoms with Crippen molar-refractivity contribution in [3.8, 4) is 0 Å². The Bertz CT molecular complexity index is 521. The molecule has 6 nitrogen and oxygen atoms in total. The SMILES string of the molecule is c1cnc(Nc2cnc(CC3CCNCC3)cn2)nc1. The van der Waals surface area contributed by atoms with Gasteiger partial charge in [-0.05, 0) is 44.3 Å². The van der Waals surface area contributed by atoms with Gasteiger partial charge in [-0.1, -0.05) is 0 Å². The number of anilines is 2. The molecule has 3 heterocycles. The molecule has 0 atom stereocenters. The average Bonchev–Trinajstić information content (AvgIpc) is 2.51. The number of hydrogen-bond donors (Lipinski definition) is 2. The van der Waals surface area contributed by atoms with E-state index in [1.54, 1.807) is 24.7 Å². The lowest BCUT2D eigenvalue weighted by Gasteiger charge is -2.21. The van der Waals surface area contributed by atoms with Crippen LogP contribution in [0.4, 0.5) is 11.8 Å². The molecule has 0 radical (unpaired) electrons. The number of hydrogen-bond acceptors (Lipinski definition) is 6. The van der Waals surface area contributed by atoms with Crippen LogP contribution in [0.5, 0.6) is 0 Å². The van der Waals surface area contributed by atoms with E-state index in [9.17, 15) is 0 Å². The lowest BCUT2D eigenvalue weighted by atomic mass is 9.93. The van der Waals surface area contributed by atoms with E-state index in [0.29, 0.717) is 11.8 Å². The lowest BCUT2D eigenvalue weighted by molar-refractivity contribution is 0.370. The molecule has 6 heteroatoms. The fourth-order valence-corrected chi connectivity index (χ4v) is 2.38. The van der Waals surface area contributed by atoms with Crippen LogP contribution >= 0.6 is 0 Å². The maximum absolute atomic E-state index is 4.47. The molecule has 0 amide bonds. The third kappa shape index (κ3) is 3.48. The van der Waals surface area contributed by atoms with Crippen molar-refractivity contribution in [3.05, 3.63) is 36.5 Å². The Kier molecular flexibility index (Phi) is 4.13. The molecule has 0 aliphatic carbocycles. The number of aromatic nitrogens is 4. The molecule has 1 fully saturated rings. The largest absolute Gasteiger partial charge is 0.317 e. The molecule has 3 rings (SSSR count). The standard InChI is InChI=1S/C14H18N6/c1-4-16-14(17-5-1)20-13-10-18-12(9-19-13)8-11-2-6-15-7-3-11/h1,4-5,9-11,15H,2-3,6-8H2,(H,16,17,19,20). The zero-order chi connectivity index (χ0) is 13.6. The van der Waals surface area contributed by atoms with E-state index in [1.165, 1.54) is 12.8 Å². The highest BCUT2D eigenvalue weighted by Gasteiger charge is 2.14. The smallest absolute Gasteiger partial charge is 0.228 e. The molecule has 0 saturated carbocycles. The number of piperidine rings is 1. The normalized spacial score (nSPS) is 16.0. The van der Waals surface area contributed by atoms with Gasteiger partial charge in [-0.25, -0.2) is 15.0 Å². The van der Waals surface area contributed by atoms with Crippen LogP contribution in [0.3, 0.4) is 0 Å². The summed E-state index contributed by atoms with van der Waals surface area (Å²) in [7, 11) is 0. The van der Waals surface area contributed by atoms with E-state index in [4.69, 9.17) is 0 Å². The Morgan fingerprint density at radius 2 is 1.85 bits per heavy atom. The van der Waals surface area contributed by atoms with E-state index in [0.717, 1.165) is 31.1 Å². The predicted molar refractivity (Wildman–Crippen MR) is 76.6 cm³/mol. The van der Waals surface area contributed by atoms with E-state index in [2.05, 4.69) is 30.6 Å². The van der Waals surface area contributed by atoms with Crippen LogP contribution in [0.2, 0.25) is 0 Å². The summed E-state index contributed by atoms with van der Waals surface area (Å²) in [6.07, 6.45) is 10.4. The summed E-state index contributed by atoms with van der Waals surface area (Å²) >= 11 is 0. The highest BCUT2D eigenvalue weighted by molar-refractivity contribution is 5.45. The third-order valence-corrected chi connectivity index (χ3v) is 3.47. The molecule has 2 N–H and O–H groups in total. The number of nitrogens with zero attached hydrogens (tertiary/aromatic N) is 4. The van der Waals surface area contributed by atoms with Gasteiger partial charge in [0.2, 0.25) is 5.95 Å². The molecule has 0 unspecified atom stereocenters. The fraction of sp³-hybridized carbons (Fsp3) is 0.429. The van der Waals surface area contributed by atoms with E-state index >= 15 is 0 Å². The zero-order valence-electron chi connectivity index (χ0n) is 11.3. The van der Waals surface area contributed by atoms with Gasteiger partial charge in [0.25, 0.3) is 0 Å². The monoisotopic (exact) mass is 270 g/mol. The first-order chi connectivity index (χ1) is 9.90. The van der Waals surface area contributed by atoms with Crippen molar-refractivity contribution in [2.45, 2.75) is 19.3 Å². The molecule has 1 saturated heterocycles. The average molecular weight is 270 g/mol. The Labute approximate surface area is 118 Å². The Hall–Kier alpha value is -2.08. The first-order valence-corrected chi connectivity index (χ1v) is 6.96. The first kappa shape index (κ1) is 12.9. The Morgan fingerprint density at radius 3 is 2.55 bits per heavy atom. The third-order valence-electron chi connectivity index (χ3n) is 3.47. The molecule has 0 bridgehead atoms. The molecular weight excluding hydrogens is 252 g/mol. The zero-order valence-corrected chi connectivity index (χ0v) is 11.3.